The van der Waals surface area contributed by atoms with Crippen LogP contribution >= 0.6 is 0 Å². The smallest absolute Gasteiger partial charge is 0.189 e. The fourth-order valence-corrected chi connectivity index (χ4v) is 1.43. The van der Waals surface area contributed by atoms with Gasteiger partial charge in [0.25, 0.3) is 0 Å². The zero-order valence-electron chi connectivity index (χ0n) is 10.7. The van der Waals surface area contributed by atoms with Crippen LogP contribution in [0.1, 0.15) is 37.9 Å². The van der Waals surface area contributed by atoms with E-state index in [1.54, 1.807) is 0 Å². The molecule has 1 aromatic rings. The highest BCUT2D eigenvalue weighted by Gasteiger charge is 2.10. The number of nitrogens with zero attached hydrogens (tertiary/aromatic N) is 1. The van der Waals surface area contributed by atoms with E-state index in [2.05, 4.69) is 10.3 Å². The summed E-state index contributed by atoms with van der Waals surface area (Å²) in [6.45, 7) is 10.5. The van der Waals surface area contributed by atoms with Crippen LogP contribution in [0.3, 0.4) is 0 Å². The zero-order chi connectivity index (χ0) is 12.3. The Morgan fingerprint density at radius 3 is 2.50 bits per heavy atom. The molecule has 0 amide bonds. The Hall–Kier alpha value is -1.45. The van der Waals surface area contributed by atoms with Crippen LogP contribution in [0.4, 0.5) is 0 Å². The molecular formula is C12H21N3O. The van der Waals surface area contributed by atoms with Crippen LogP contribution in [0.15, 0.2) is 15.5 Å². The first-order valence-corrected chi connectivity index (χ1v) is 5.42. The number of aliphatic imine (C=N–C) groups is 1. The first kappa shape index (κ1) is 12.6. The van der Waals surface area contributed by atoms with E-state index >= 15 is 0 Å². The van der Waals surface area contributed by atoms with Crippen molar-refractivity contribution in [2.75, 3.05) is 0 Å². The quantitative estimate of drug-likeness (QED) is 0.596. The predicted octanol–water partition coefficient (Wildman–Crippen LogP) is 2.10. The summed E-state index contributed by atoms with van der Waals surface area (Å²) in [4.78, 5) is 4.28. The van der Waals surface area contributed by atoms with E-state index < -0.39 is 0 Å². The molecule has 1 heterocycles. The van der Waals surface area contributed by atoms with Crippen molar-refractivity contribution in [3.63, 3.8) is 0 Å². The Labute approximate surface area is 96.9 Å². The standard InChI is InChI=1S/C12H21N3O/c1-8-6-10(9(2)16-8)7-14-11(13)15-12(3,4)5/h6H,7H2,1-5H3,(H3,13,14,15). The summed E-state index contributed by atoms with van der Waals surface area (Å²) in [7, 11) is 0. The number of hydrogen-bond acceptors (Lipinski definition) is 2. The minimum absolute atomic E-state index is 0.0606. The molecule has 0 bridgehead atoms. The van der Waals surface area contributed by atoms with Crippen molar-refractivity contribution in [3.8, 4) is 0 Å². The van der Waals surface area contributed by atoms with Gasteiger partial charge in [0, 0.05) is 11.1 Å². The number of guanidine groups is 1. The molecule has 1 rings (SSSR count). The van der Waals surface area contributed by atoms with Gasteiger partial charge in [0.1, 0.15) is 11.5 Å². The molecule has 0 saturated heterocycles. The normalized spacial score (nSPS) is 12.9. The Morgan fingerprint density at radius 1 is 1.44 bits per heavy atom. The number of nitrogens with one attached hydrogen (secondary N) is 1. The molecule has 1 aromatic heterocycles. The maximum absolute atomic E-state index is 5.77. The van der Waals surface area contributed by atoms with Gasteiger partial charge in [0.2, 0.25) is 0 Å². The maximum atomic E-state index is 5.77. The third kappa shape index (κ3) is 3.96. The third-order valence-corrected chi connectivity index (χ3v) is 2.07. The number of aryl methyl sites for hydroxylation is 2. The largest absolute Gasteiger partial charge is 0.466 e. The topological polar surface area (TPSA) is 63.5 Å². The third-order valence-electron chi connectivity index (χ3n) is 2.07. The SMILES string of the molecule is Cc1cc(CN=C(N)NC(C)(C)C)c(C)o1. The molecule has 0 saturated carbocycles. The van der Waals surface area contributed by atoms with Gasteiger partial charge in [-0.15, -0.1) is 0 Å². The second-order valence-corrected chi connectivity index (χ2v) is 5.01. The fourth-order valence-electron chi connectivity index (χ4n) is 1.43. The lowest BCUT2D eigenvalue weighted by Gasteiger charge is -2.20. The highest BCUT2D eigenvalue weighted by atomic mass is 16.3. The lowest BCUT2D eigenvalue weighted by atomic mass is 10.1. The second-order valence-electron chi connectivity index (χ2n) is 5.01. The highest BCUT2D eigenvalue weighted by Crippen LogP contribution is 2.14. The van der Waals surface area contributed by atoms with E-state index in [-0.39, 0.29) is 5.54 Å². The van der Waals surface area contributed by atoms with E-state index in [0.717, 1.165) is 17.1 Å². The molecule has 16 heavy (non-hydrogen) atoms. The van der Waals surface area contributed by atoms with Gasteiger partial charge in [-0.25, -0.2) is 4.99 Å². The summed E-state index contributed by atoms with van der Waals surface area (Å²) < 4.78 is 5.42. The van der Waals surface area contributed by atoms with Gasteiger partial charge in [-0.1, -0.05) is 0 Å². The Balaban J connectivity index is 2.62. The van der Waals surface area contributed by atoms with Gasteiger partial charge in [0.15, 0.2) is 5.96 Å². The monoisotopic (exact) mass is 223 g/mol. The molecule has 3 N–H and O–H groups in total. The minimum atomic E-state index is -0.0606. The van der Waals surface area contributed by atoms with Crippen LogP contribution in [-0.4, -0.2) is 11.5 Å². The summed E-state index contributed by atoms with van der Waals surface area (Å²) in [5, 5.41) is 3.11. The molecule has 0 aliphatic carbocycles. The molecule has 0 unspecified atom stereocenters. The minimum Gasteiger partial charge on any atom is -0.466 e. The van der Waals surface area contributed by atoms with Crippen molar-refractivity contribution < 1.29 is 4.42 Å². The predicted molar refractivity (Wildman–Crippen MR) is 66.4 cm³/mol. The summed E-state index contributed by atoms with van der Waals surface area (Å²) in [5.41, 5.74) is 6.79. The number of rotatable bonds is 2. The van der Waals surface area contributed by atoms with E-state index in [4.69, 9.17) is 10.2 Å². The lowest BCUT2D eigenvalue weighted by molar-refractivity contribution is 0.500. The van der Waals surface area contributed by atoms with Crippen LogP contribution in [0.25, 0.3) is 0 Å². The molecule has 4 nitrogen and oxygen atoms in total. The van der Waals surface area contributed by atoms with Crippen LogP contribution < -0.4 is 11.1 Å². The van der Waals surface area contributed by atoms with Gasteiger partial charge in [0.05, 0.1) is 6.54 Å². The van der Waals surface area contributed by atoms with Gasteiger partial charge in [-0.05, 0) is 40.7 Å². The summed E-state index contributed by atoms with van der Waals surface area (Å²) in [6, 6.07) is 1.99. The van der Waals surface area contributed by atoms with Crippen LogP contribution in [0.2, 0.25) is 0 Å². The molecular weight excluding hydrogens is 202 g/mol. The average Bonchev–Trinajstić information content (AvgIpc) is 2.38. The van der Waals surface area contributed by atoms with E-state index in [1.165, 1.54) is 0 Å². The van der Waals surface area contributed by atoms with Crippen molar-refractivity contribution in [3.05, 3.63) is 23.2 Å². The molecule has 0 aliphatic heterocycles. The molecule has 0 aromatic carbocycles. The van der Waals surface area contributed by atoms with E-state index in [1.807, 2.05) is 40.7 Å². The molecule has 90 valence electrons. The van der Waals surface area contributed by atoms with Gasteiger partial charge in [-0.2, -0.15) is 0 Å². The summed E-state index contributed by atoms with van der Waals surface area (Å²) in [6.07, 6.45) is 0. The van der Waals surface area contributed by atoms with E-state index in [9.17, 15) is 0 Å². The Kier molecular flexibility index (Phi) is 3.62. The van der Waals surface area contributed by atoms with E-state index in [0.29, 0.717) is 12.5 Å². The Morgan fingerprint density at radius 2 is 2.06 bits per heavy atom. The number of hydrogen-bond donors (Lipinski definition) is 2. The molecule has 0 aliphatic rings. The fraction of sp³-hybridized carbons (Fsp3) is 0.583. The summed E-state index contributed by atoms with van der Waals surface area (Å²) in [5.74, 6) is 2.28. The van der Waals surface area contributed by atoms with Crippen molar-refractivity contribution >= 4 is 5.96 Å². The molecule has 0 spiro atoms. The molecule has 0 fully saturated rings. The highest BCUT2D eigenvalue weighted by molar-refractivity contribution is 5.78. The van der Waals surface area contributed by atoms with Crippen molar-refractivity contribution in [1.29, 1.82) is 0 Å². The van der Waals surface area contributed by atoms with Crippen molar-refractivity contribution in [2.45, 2.75) is 46.7 Å². The average molecular weight is 223 g/mol. The molecule has 0 atom stereocenters. The van der Waals surface area contributed by atoms with Crippen LogP contribution in [-0.2, 0) is 6.54 Å². The van der Waals surface area contributed by atoms with Crippen molar-refractivity contribution in [2.24, 2.45) is 10.7 Å². The lowest BCUT2D eigenvalue weighted by Crippen LogP contribution is -2.44. The van der Waals surface area contributed by atoms with Gasteiger partial charge in [-0.3, -0.25) is 0 Å². The van der Waals surface area contributed by atoms with Crippen molar-refractivity contribution in [1.82, 2.24) is 5.32 Å². The molecule has 4 heteroatoms. The Bertz CT molecular complexity index is 385. The van der Waals surface area contributed by atoms with Crippen LogP contribution in [0.5, 0.6) is 0 Å². The zero-order valence-corrected chi connectivity index (χ0v) is 10.7. The van der Waals surface area contributed by atoms with Crippen LogP contribution in [0, 0.1) is 13.8 Å². The van der Waals surface area contributed by atoms with Gasteiger partial charge >= 0.3 is 0 Å². The summed E-state index contributed by atoms with van der Waals surface area (Å²) >= 11 is 0. The molecule has 0 radical (unpaired) electrons. The number of furan rings is 1. The first-order valence-electron chi connectivity index (χ1n) is 5.42. The number of nitrogens with two attached hydrogens (primary N) is 1. The maximum Gasteiger partial charge on any atom is 0.189 e. The second kappa shape index (κ2) is 4.60. The first-order chi connectivity index (χ1) is 7.28. The van der Waals surface area contributed by atoms with Gasteiger partial charge < -0.3 is 15.5 Å².